The number of nitrogen functional groups attached to an aromatic ring is 3. The summed E-state index contributed by atoms with van der Waals surface area (Å²) in [5.74, 6) is -8.11. The molecular weight excluding hydrogens is 2090 g/mol. The number of fused-ring (bicyclic) bond motifs is 1. The average Bonchev–Trinajstić information content (AvgIpc) is 1.61. The third kappa shape index (κ3) is 41.5. The van der Waals surface area contributed by atoms with Gasteiger partial charge in [0.2, 0.25) is 5.82 Å². The number of carboxylic acid groups (broad SMARTS) is 1. The number of hydrogen-bond donors (Lipinski definition) is 8. The number of pyridine rings is 5. The number of methoxy groups -OCH3 is 5. The van der Waals surface area contributed by atoms with Gasteiger partial charge in [0.05, 0.1) is 103 Å². The number of ether oxygens (including phenoxy) is 6. The number of carboxylic acids is 1. The Kier molecular flexibility index (Phi) is 45.6. The van der Waals surface area contributed by atoms with E-state index < -0.39 is 76.0 Å². The molecule has 5 aromatic carbocycles. The van der Waals surface area contributed by atoms with Crippen LogP contribution in [0, 0.1) is 20.2 Å². The Balaban J connectivity index is 0.000000498. The van der Waals surface area contributed by atoms with Gasteiger partial charge in [-0.25, -0.2) is 44.3 Å². The first-order chi connectivity index (χ1) is 58.4. The summed E-state index contributed by atoms with van der Waals surface area (Å²) in [6, 6.07) is 40.6. The van der Waals surface area contributed by atoms with Crippen molar-refractivity contribution in [2.24, 2.45) is 0 Å². The van der Waals surface area contributed by atoms with Crippen LogP contribution < -0.4 is 119 Å². The minimum atomic E-state index is -5.62. The molecule has 0 aliphatic rings. The first-order valence-corrected chi connectivity index (χ1v) is 37.5. The van der Waals surface area contributed by atoms with Crippen LogP contribution in [0.25, 0.3) is 16.9 Å². The van der Waals surface area contributed by atoms with Crippen molar-refractivity contribution in [1.82, 2.24) is 34.5 Å². The zero-order valence-corrected chi connectivity index (χ0v) is 77.3. The van der Waals surface area contributed by atoms with Gasteiger partial charge in [0.15, 0.2) is 0 Å². The van der Waals surface area contributed by atoms with E-state index >= 15 is 0 Å². The summed E-state index contributed by atoms with van der Waals surface area (Å²) in [6.07, 6.45) is -18.0. The van der Waals surface area contributed by atoms with E-state index in [1.807, 2.05) is 29.6 Å². The van der Waals surface area contributed by atoms with Crippen molar-refractivity contribution >= 4 is 183 Å². The normalized spacial score (nSPS) is 10.7. The van der Waals surface area contributed by atoms with Crippen molar-refractivity contribution in [2.75, 3.05) is 74.0 Å². The third-order valence-corrected chi connectivity index (χ3v) is 15.8. The number of nitrogens with zero attached hydrogens (tertiary/aromatic N) is 9. The summed E-state index contributed by atoms with van der Waals surface area (Å²) < 4.78 is 208. The van der Waals surface area contributed by atoms with Crippen molar-refractivity contribution in [3.8, 4) is 34.6 Å². The Morgan fingerprint density at radius 1 is 0.441 bits per heavy atom. The maximum atomic E-state index is 13.3. The Bertz CT molecular complexity index is 5380. The first kappa shape index (κ1) is 112. The number of nitrogens with two attached hydrogens (primary N) is 3. The van der Waals surface area contributed by atoms with Gasteiger partial charge in [-0.1, -0.05) is 20.8 Å². The van der Waals surface area contributed by atoms with Gasteiger partial charge in [0, 0.05) is 60.9 Å². The van der Waals surface area contributed by atoms with Crippen molar-refractivity contribution in [3.63, 3.8) is 0 Å². The van der Waals surface area contributed by atoms with Gasteiger partial charge in [-0.05, 0) is 201 Å². The SMILES string of the molecule is CC(C)(C)[O-].COc1ccc(N)c([N+](=O)[O-])c1.COc1ccc(Nc2ccc(Br)cn2)c(N)c1.COc1ccc(Nc2ccc(Br)cn2)c(NC(=O)C(F)(F)F)c1.COc1ccc(Nc2ccc(Br)cn2)c([N+](=O)[O-])c1.COc1ccc2c(c1)nc(C(F)(F)F)n2-c1ccc(Br)cn1.Nc1ccc(Br)nc1.O=C(O)C(F)(F)F.O=C(OC(=O)C(F)(F)F)C(F)(F)F.[K+]. The molecule has 11 aromatic rings. The topological polar surface area (TPSA) is 462 Å². The summed E-state index contributed by atoms with van der Waals surface area (Å²) in [5, 5.41) is 49.3. The smallest absolute Gasteiger partial charge is 0.850 e. The molecule has 0 bridgehead atoms. The van der Waals surface area contributed by atoms with E-state index in [0.29, 0.717) is 61.7 Å². The second-order valence-electron chi connectivity index (χ2n) is 24.1. The molecule has 678 valence electrons. The molecule has 0 radical (unpaired) electrons. The molecule has 0 spiro atoms. The van der Waals surface area contributed by atoms with Crippen LogP contribution in [0.1, 0.15) is 26.6 Å². The molecule has 0 atom stereocenters. The third-order valence-electron chi connectivity index (χ3n) is 13.5. The van der Waals surface area contributed by atoms with Crippen LogP contribution in [0.3, 0.4) is 0 Å². The van der Waals surface area contributed by atoms with Crippen LogP contribution >= 0.6 is 79.6 Å². The summed E-state index contributed by atoms with van der Waals surface area (Å²) in [6.45, 7) is 4.90. The predicted octanol–water partition coefficient (Wildman–Crippen LogP) is 16.6. The number of nitro groups is 2. The standard InChI is InChI=1S/C14H11BrF3N3O2.C14H9BrF3N3O.C12H10BrN3O3.C12H12BrN3O.C7H8N2O3.C5H5BrN2.C4F6O3.C4H9O.C2HF3O2.K/c1-23-9-3-4-10(20-12-5-2-8(15)7-19-12)11(6-9)21-13(22)14(16,17)18;1-22-9-3-4-11-10(6-9)20-13(14(16,17)18)21(11)12-5-2-8(15)7-19-12;1-19-9-3-4-10(11(6-9)16(17)18)15-12-5-2-8(13)7-14-12;1-17-9-3-4-11(10(14)6-9)16-12-5-2-8(13)7-15-12;1-12-5-2-3-6(8)7(4-5)9(10)11;6-5-2-1-4(7)3-8-5;5-3(6,7)1(11)13-2(12)4(8,9)10;1-4(2,3)5;3-2(4,5)1(6)7;/h2-7H,1H3,(H,19,20)(H,21,22);2-7H,1H3;2-7H,1H3,(H,14,15);2-7H,14H2,1H3,(H,15,16);2-4H,8H2,1H3;1-3H,7H2;;1-3H3;(H,6,7);/q;;;;;;;-1;;+1. The molecule has 0 saturated carbocycles. The summed E-state index contributed by atoms with van der Waals surface area (Å²) in [4.78, 5) is 83.7. The molecule has 32 nitrogen and oxygen atoms in total. The molecule has 0 aliphatic heterocycles. The van der Waals surface area contributed by atoms with Gasteiger partial charge in [0.1, 0.15) is 68.0 Å². The summed E-state index contributed by atoms with van der Waals surface area (Å²) in [5.41, 5.74) is 18.9. The van der Waals surface area contributed by atoms with E-state index in [1.165, 1.54) is 89.4 Å². The van der Waals surface area contributed by atoms with E-state index in [-0.39, 0.29) is 91.2 Å². The van der Waals surface area contributed by atoms with Gasteiger partial charge >= 0.3 is 106 Å². The molecule has 1 amide bonds. The van der Waals surface area contributed by atoms with Crippen LogP contribution in [0.2, 0.25) is 0 Å². The van der Waals surface area contributed by atoms with Crippen LogP contribution in [0.4, 0.5) is 134 Å². The molecule has 53 heteroatoms. The number of imidazole rings is 1. The molecule has 6 aromatic heterocycles. The zero-order valence-electron chi connectivity index (χ0n) is 66.2. The van der Waals surface area contributed by atoms with Gasteiger partial charge in [-0.15, -0.1) is 5.60 Å². The maximum Gasteiger partial charge on any atom is 1.00 e. The van der Waals surface area contributed by atoms with Crippen molar-refractivity contribution in [3.05, 3.63) is 231 Å². The molecular formula is C74H65Br5F15KN16O16. The number of benzene rings is 5. The number of aromatic nitrogens is 7. The molecule has 0 fully saturated rings. The number of rotatable bonds is 15. The van der Waals surface area contributed by atoms with Crippen LogP contribution in [0.5, 0.6) is 28.7 Å². The van der Waals surface area contributed by atoms with Crippen molar-refractivity contribution in [1.29, 1.82) is 0 Å². The predicted molar refractivity (Wildman–Crippen MR) is 446 cm³/mol. The first-order valence-electron chi connectivity index (χ1n) is 33.5. The second-order valence-corrected chi connectivity index (χ2v) is 28.5. The Morgan fingerprint density at radius 3 is 1.18 bits per heavy atom. The van der Waals surface area contributed by atoms with Crippen molar-refractivity contribution in [2.45, 2.75) is 57.3 Å². The minimum Gasteiger partial charge on any atom is -0.850 e. The molecule has 11 N–H and O–H groups in total. The zero-order chi connectivity index (χ0) is 95.6. The number of carbonyl (C=O) groups excluding carboxylic acids is 3. The largest absolute Gasteiger partial charge is 1.00 e. The molecule has 11 rings (SSSR count). The number of alkyl halides is 15. The number of nitro benzene ring substituents is 2. The number of anilines is 10. The Hall–Kier alpha value is -11.1. The fourth-order valence-corrected chi connectivity index (χ4v) is 9.17. The van der Waals surface area contributed by atoms with Gasteiger partial charge in [-0.3, -0.25) is 29.6 Å². The van der Waals surface area contributed by atoms with Gasteiger partial charge in [-0.2, -0.15) is 65.9 Å². The van der Waals surface area contributed by atoms with Gasteiger partial charge in [0.25, 0.3) is 11.4 Å². The van der Waals surface area contributed by atoms with Crippen LogP contribution in [0.15, 0.2) is 205 Å². The second kappa shape index (κ2) is 51.7. The summed E-state index contributed by atoms with van der Waals surface area (Å²) in [7, 11) is 7.32. The molecule has 0 aliphatic carbocycles. The minimum absolute atomic E-state index is 0. The van der Waals surface area contributed by atoms with Crippen LogP contribution in [-0.4, -0.2) is 139 Å². The molecule has 0 unspecified atom stereocenters. The van der Waals surface area contributed by atoms with E-state index in [9.17, 15) is 106 Å². The number of amides is 1. The monoisotopic (exact) mass is 2150 g/mol. The molecule has 0 saturated heterocycles. The number of carbonyl (C=O) groups is 4. The quantitative estimate of drug-likeness (QED) is 0.00690. The Labute approximate surface area is 792 Å². The Morgan fingerprint density at radius 2 is 0.819 bits per heavy atom. The van der Waals surface area contributed by atoms with E-state index in [0.717, 1.165) is 39.8 Å². The van der Waals surface area contributed by atoms with E-state index in [2.05, 4.69) is 130 Å². The van der Waals surface area contributed by atoms with E-state index in [1.54, 1.807) is 125 Å². The van der Waals surface area contributed by atoms with Gasteiger partial charge < -0.3 is 77.1 Å². The fraction of sp³-hybridized carbons (Fsp3) is 0.189. The van der Waals surface area contributed by atoms with Crippen LogP contribution in [-0.2, 0) is 30.1 Å². The van der Waals surface area contributed by atoms with E-state index in [4.69, 9.17) is 50.8 Å². The molecule has 6 heterocycles. The summed E-state index contributed by atoms with van der Waals surface area (Å²) >= 11 is 16.2. The number of aliphatic carboxylic acids is 1. The fourth-order valence-electron chi connectivity index (χ4n) is 8.00. The number of nitrogens with one attached hydrogen (secondary N) is 4. The number of esters is 2. The number of halogens is 20. The molecule has 127 heavy (non-hydrogen) atoms. The van der Waals surface area contributed by atoms with Crippen molar-refractivity contribution < 1.29 is 185 Å². The maximum absolute atomic E-state index is 13.3. The average molecular weight is 2160 g/mol. The number of hydrogen-bond acceptors (Lipinski definition) is 27.